The van der Waals surface area contributed by atoms with Gasteiger partial charge in [-0.05, 0) is 38.3 Å². The number of nitrogens with zero attached hydrogens (tertiary/aromatic N) is 4. The number of amides is 1. The van der Waals surface area contributed by atoms with Crippen molar-refractivity contribution >= 4 is 17.7 Å². The number of nitrogens with one attached hydrogen (secondary N) is 2. The van der Waals surface area contributed by atoms with E-state index < -0.39 is 0 Å². The van der Waals surface area contributed by atoms with E-state index in [1.165, 1.54) is 0 Å². The molecule has 1 amide bonds. The summed E-state index contributed by atoms with van der Waals surface area (Å²) in [5, 5.41) is 6.33. The second kappa shape index (κ2) is 10.3. The minimum atomic E-state index is 0.133. The first kappa shape index (κ1) is 20.4. The minimum Gasteiger partial charge on any atom is -0.375 e. The number of hydrogen-bond acceptors (Lipinski definition) is 5. The van der Waals surface area contributed by atoms with E-state index in [9.17, 15) is 4.79 Å². The fraction of sp³-hybridized carbons (Fsp3) is 0.650. The second-order valence-corrected chi connectivity index (χ2v) is 7.29. The number of pyridine rings is 1. The summed E-state index contributed by atoms with van der Waals surface area (Å²) in [6, 6.07) is 4.10. The highest BCUT2D eigenvalue weighted by molar-refractivity contribution is 5.86. The Labute approximate surface area is 167 Å². The average Bonchev–Trinajstić information content (AvgIpc) is 3.25. The van der Waals surface area contributed by atoms with Crippen LogP contribution >= 0.6 is 0 Å². The van der Waals surface area contributed by atoms with Crippen LogP contribution in [0.2, 0.25) is 0 Å². The van der Waals surface area contributed by atoms with E-state index in [4.69, 9.17) is 4.74 Å². The first-order valence-electron chi connectivity index (χ1n) is 10.3. The molecule has 0 spiro atoms. The standard InChI is InChI=1S/C20H32N6O2/c1-3-21-20(24-14-19(27)25-8-4-5-9-25)23-13-17-6-7-18(22-12-17)26-10-11-28-16(2)15-26/h6-7,12,16H,3-5,8-11,13-15H2,1-2H3,(H2,21,23,24). The van der Waals surface area contributed by atoms with Crippen LogP contribution in [-0.2, 0) is 16.1 Å². The predicted molar refractivity (Wildman–Crippen MR) is 110 cm³/mol. The van der Waals surface area contributed by atoms with Gasteiger partial charge in [-0.25, -0.2) is 9.98 Å². The maximum absolute atomic E-state index is 12.2. The molecule has 1 aromatic heterocycles. The SMILES string of the molecule is CCNC(=NCc1ccc(N2CCOC(C)C2)nc1)NCC(=O)N1CCCC1. The van der Waals surface area contributed by atoms with E-state index >= 15 is 0 Å². The molecule has 1 unspecified atom stereocenters. The van der Waals surface area contributed by atoms with Crippen LogP contribution in [0.25, 0.3) is 0 Å². The van der Waals surface area contributed by atoms with E-state index in [1.54, 1.807) is 0 Å². The van der Waals surface area contributed by atoms with Crippen molar-refractivity contribution in [3.8, 4) is 0 Å². The molecular formula is C20H32N6O2. The summed E-state index contributed by atoms with van der Waals surface area (Å²) in [5.41, 5.74) is 1.04. The molecule has 0 aliphatic carbocycles. The lowest BCUT2D eigenvalue weighted by molar-refractivity contribution is -0.128. The molecule has 154 valence electrons. The van der Waals surface area contributed by atoms with E-state index in [1.807, 2.05) is 24.1 Å². The van der Waals surface area contributed by atoms with Gasteiger partial charge in [-0.3, -0.25) is 4.79 Å². The van der Waals surface area contributed by atoms with Gasteiger partial charge in [0.15, 0.2) is 5.96 Å². The highest BCUT2D eigenvalue weighted by Gasteiger charge is 2.18. The first-order chi connectivity index (χ1) is 13.7. The van der Waals surface area contributed by atoms with Crippen molar-refractivity contribution in [3.63, 3.8) is 0 Å². The normalized spacial score (nSPS) is 20.4. The molecule has 2 aliphatic rings. The summed E-state index contributed by atoms with van der Waals surface area (Å²) in [6.45, 7) is 9.84. The third kappa shape index (κ3) is 5.82. The van der Waals surface area contributed by atoms with Gasteiger partial charge in [-0.2, -0.15) is 0 Å². The Balaban J connectivity index is 1.52. The zero-order valence-electron chi connectivity index (χ0n) is 17.0. The van der Waals surface area contributed by atoms with Crippen LogP contribution in [0.3, 0.4) is 0 Å². The lowest BCUT2D eigenvalue weighted by Crippen LogP contribution is -2.44. The Morgan fingerprint density at radius 3 is 2.79 bits per heavy atom. The molecule has 8 nitrogen and oxygen atoms in total. The lowest BCUT2D eigenvalue weighted by Gasteiger charge is -2.32. The molecule has 0 aromatic carbocycles. The van der Waals surface area contributed by atoms with Crippen molar-refractivity contribution in [2.24, 2.45) is 4.99 Å². The third-order valence-corrected chi connectivity index (χ3v) is 5.00. The van der Waals surface area contributed by atoms with Crippen LogP contribution in [0.5, 0.6) is 0 Å². The molecule has 1 aromatic rings. The smallest absolute Gasteiger partial charge is 0.241 e. The summed E-state index contributed by atoms with van der Waals surface area (Å²) in [6.07, 6.45) is 4.31. The van der Waals surface area contributed by atoms with Gasteiger partial charge in [0.25, 0.3) is 0 Å². The Morgan fingerprint density at radius 1 is 1.29 bits per heavy atom. The zero-order chi connectivity index (χ0) is 19.8. The molecule has 0 radical (unpaired) electrons. The van der Waals surface area contributed by atoms with Crippen LogP contribution < -0.4 is 15.5 Å². The number of morpholine rings is 1. The van der Waals surface area contributed by atoms with E-state index in [0.29, 0.717) is 12.5 Å². The topological polar surface area (TPSA) is 82.1 Å². The van der Waals surface area contributed by atoms with E-state index in [-0.39, 0.29) is 18.6 Å². The lowest BCUT2D eigenvalue weighted by atomic mass is 10.2. The fourth-order valence-electron chi connectivity index (χ4n) is 3.47. The van der Waals surface area contributed by atoms with Gasteiger partial charge in [0.2, 0.25) is 5.91 Å². The van der Waals surface area contributed by atoms with Crippen molar-refractivity contribution in [3.05, 3.63) is 23.9 Å². The molecule has 0 bridgehead atoms. The number of rotatable bonds is 6. The largest absolute Gasteiger partial charge is 0.375 e. The number of aromatic nitrogens is 1. The summed E-state index contributed by atoms with van der Waals surface area (Å²) < 4.78 is 5.59. The molecule has 3 rings (SSSR count). The van der Waals surface area contributed by atoms with Crippen molar-refractivity contribution in [1.29, 1.82) is 0 Å². The van der Waals surface area contributed by atoms with Crippen LogP contribution in [-0.4, -0.2) is 73.7 Å². The second-order valence-electron chi connectivity index (χ2n) is 7.29. The van der Waals surface area contributed by atoms with Gasteiger partial charge in [0, 0.05) is 38.9 Å². The fourth-order valence-corrected chi connectivity index (χ4v) is 3.47. The van der Waals surface area contributed by atoms with Crippen LogP contribution in [0.4, 0.5) is 5.82 Å². The number of carbonyl (C=O) groups is 1. The number of carbonyl (C=O) groups excluding carboxylic acids is 1. The molecule has 0 saturated carbocycles. The number of aliphatic imine (C=N–C) groups is 1. The summed E-state index contributed by atoms with van der Waals surface area (Å²) in [7, 11) is 0. The summed E-state index contributed by atoms with van der Waals surface area (Å²) in [4.78, 5) is 25.5. The molecule has 2 aliphatic heterocycles. The zero-order valence-corrected chi connectivity index (χ0v) is 17.0. The van der Waals surface area contributed by atoms with Gasteiger partial charge in [-0.15, -0.1) is 0 Å². The molecular weight excluding hydrogens is 356 g/mol. The monoisotopic (exact) mass is 388 g/mol. The van der Waals surface area contributed by atoms with Crippen LogP contribution in [0.15, 0.2) is 23.3 Å². The average molecular weight is 389 g/mol. The van der Waals surface area contributed by atoms with Crippen LogP contribution in [0, 0.1) is 0 Å². The quantitative estimate of drug-likeness (QED) is 0.559. The molecule has 28 heavy (non-hydrogen) atoms. The molecule has 1 atom stereocenters. The van der Waals surface area contributed by atoms with Crippen LogP contribution in [0.1, 0.15) is 32.3 Å². The summed E-state index contributed by atoms with van der Waals surface area (Å²) in [5.74, 6) is 1.76. The third-order valence-electron chi connectivity index (χ3n) is 5.00. The van der Waals surface area contributed by atoms with Crippen molar-refractivity contribution in [2.75, 3.05) is 50.8 Å². The van der Waals surface area contributed by atoms with Gasteiger partial charge in [-0.1, -0.05) is 6.07 Å². The van der Waals surface area contributed by atoms with E-state index in [0.717, 1.165) is 63.6 Å². The van der Waals surface area contributed by atoms with Crippen molar-refractivity contribution in [1.82, 2.24) is 20.5 Å². The predicted octanol–water partition coefficient (Wildman–Crippen LogP) is 0.984. The molecule has 2 N–H and O–H groups in total. The summed E-state index contributed by atoms with van der Waals surface area (Å²) >= 11 is 0. The van der Waals surface area contributed by atoms with Gasteiger partial charge < -0.3 is 25.2 Å². The van der Waals surface area contributed by atoms with E-state index in [2.05, 4.69) is 38.5 Å². The number of likely N-dealkylation sites (tertiary alicyclic amines) is 1. The number of anilines is 1. The molecule has 2 saturated heterocycles. The maximum atomic E-state index is 12.2. The van der Waals surface area contributed by atoms with Crippen molar-refractivity contribution in [2.45, 2.75) is 39.3 Å². The molecule has 2 fully saturated rings. The number of hydrogen-bond donors (Lipinski definition) is 2. The van der Waals surface area contributed by atoms with Gasteiger partial charge >= 0.3 is 0 Å². The highest BCUT2D eigenvalue weighted by Crippen LogP contribution is 2.15. The number of guanidine groups is 1. The number of ether oxygens (including phenoxy) is 1. The minimum absolute atomic E-state index is 0.133. The van der Waals surface area contributed by atoms with Crippen molar-refractivity contribution < 1.29 is 9.53 Å². The maximum Gasteiger partial charge on any atom is 0.241 e. The van der Waals surface area contributed by atoms with Gasteiger partial charge in [0.05, 0.1) is 25.8 Å². The highest BCUT2D eigenvalue weighted by atomic mass is 16.5. The Bertz CT molecular complexity index is 657. The Hall–Kier alpha value is -2.35. The Kier molecular flexibility index (Phi) is 7.47. The van der Waals surface area contributed by atoms with Gasteiger partial charge in [0.1, 0.15) is 5.82 Å². The molecule has 8 heteroatoms. The Morgan fingerprint density at radius 2 is 2.11 bits per heavy atom. The molecule has 3 heterocycles. The first-order valence-corrected chi connectivity index (χ1v) is 10.3.